The van der Waals surface area contributed by atoms with Gasteiger partial charge in [-0.15, -0.1) is 0 Å². The van der Waals surface area contributed by atoms with Crippen molar-refractivity contribution >= 4 is 11.7 Å². The Morgan fingerprint density at radius 2 is 2.24 bits per heavy atom. The summed E-state index contributed by atoms with van der Waals surface area (Å²) in [6.45, 7) is 3.75. The number of carbonyl (C=O) groups excluding carboxylic acids is 1. The summed E-state index contributed by atoms with van der Waals surface area (Å²) in [5, 5.41) is 5.71. The van der Waals surface area contributed by atoms with Crippen molar-refractivity contribution < 1.29 is 9.53 Å². The summed E-state index contributed by atoms with van der Waals surface area (Å²) in [4.78, 5) is 19.7. The first-order chi connectivity index (χ1) is 8.05. The molecule has 0 aliphatic rings. The van der Waals surface area contributed by atoms with E-state index in [1.165, 1.54) is 7.11 Å². The van der Waals surface area contributed by atoms with E-state index < -0.39 is 0 Å². The number of nitrogens with one attached hydrogen (secondary N) is 2. The maximum atomic E-state index is 11.6. The van der Waals surface area contributed by atoms with Crippen LogP contribution in [-0.4, -0.2) is 36.1 Å². The number of rotatable bonds is 5. The SMILES string of the molecule is CNC(C)CC(=O)Nc1cc(C)nc(OC)n1. The second-order valence-corrected chi connectivity index (χ2v) is 3.82. The monoisotopic (exact) mass is 238 g/mol. The van der Waals surface area contributed by atoms with Gasteiger partial charge in [0.05, 0.1) is 7.11 Å². The molecule has 0 spiro atoms. The van der Waals surface area contributed by atoms with Crippen LogP contribution in [0, 0.1) is 6.92 Å². The highest BCUT2D eigenvalue weighted by Gasteiger charge is 2.09. The Kier molecular flexibility index (Phi) is 4.84. The quantitative estimate of drug-likeness (QED) is 0.791. The van der Waals surface area contributed by atoms with E-state index in [1.54, 1.807) is 6.07 Å². The third-order valence-corrected chi connectivity index (χ3v) is 2.27. The van der Waals surface area contributed by atoms with Gasteiger partial charge in [-0.2, -0.15) is 4.98 Å². The van der Waals surface area contributed by atoms with Crippen LogP contribution in [0.5, 0.6) is 6.01 Å². The Hall–Kier alpha value is -1.69. The van der Waals surface area contributed by atoms with Crippen molar-refractivity contribution in [3.05, 3.63) is 11.8 Å². The van der Waals surface area contributed by atoms with Crippen molar-refractivity contribution in [1.82, 2.24) is 15.3 Å². The molecule has 0 aliphatic heterocycles. The number of aromatic nitrogens is 2. The highest BCUT2D eigenvalue weighted by molar-refractivity contribution is 5.90. The minimum atomic E-state index is -0.0907. The number of amides is 1. The van der Waals surface area contributed by atoms with Gasteiger partial charge in [0.2, 0.25) is 5.91 Å². The molecule has 1 aromatic heterocycles. The number of carbonyl (C=O) groups is 1. The van der Waals surface area contributed by atoms with Gasteiger partial charge in [-0.25, -0.2) is 4.98 Å². The molecular formula is C11H18N4O2. The maximum Gasteiger partial charge on any atom is 0.318 e. The van der Waals surface area contributed by atoms with Crippen molar-refractivity contribution in [3.8, 4) is 6.01 Å². The van der Waals surface area contributed by atoms with Crippen molar-refractivity contribution in [3.63, 3.8) is 0 Å². The molecule has 0 fully saturated rings. The Labute approximate surface area is 101 Å². The molecule has 0 bridgehead atoms. The smallest absolute Gasteiger partial charge is 0.318 e. The molecular weight excluding hydrogens is 220 g/mol. The zero-order chi connectivity index (χ0) is 12.8. The third kappa shape index (κ3) is 4.36. The van der Waals surface area contributed by atoms with E-state index in [9.17, 15) is 4.79 Å². The molecule has 0 saturated carbocycles. The fourth-order valence-electron chi connectivity index (χ4n) is 1.27. The number of aryl methyl sites for hydroxylation is 1. The molecule has 2 N–H and O–H groups in total. The summed E-state index contributed by atoms with van der Waals surface area (Å²) >= 11 is 0. The molecule has 1 aromatic rings. The summed E-state index contributed by atoms with van der Waals surface area (Å²) in [7, 11) is 3.30. The fourth-order valence-corrected chi connectivity index (χ4v) is 1.27. The average Bonchev–Trinajstić information content (AvgIpc) is 2.27. The Morgan fingerprint density at radius 1 is 1.53 bits per heavy atom. The van der Waals surface area contributed by atoms with Crippen LogP contribution in [-0.2, 0) is 4.79 Å². The van der Waals surface area contributed by atoms with Crippen LogP contribution in [0.4, 0.5) is 5.82 Å². The molecule has 0 aromatic carbocycles. The van der Waals surface area contributed by atoms with Gasteiger partial charge >= 0.3 is 6.01 Å². The van der Waals surface area contributed by atoms with E-state index in [0.29, 0.717) is 12.2 Å². The predicted octanol–water partition coefficient (Wildman–Crippen LogP) is 0.730. The first kappa shape index (κ1) is 13.4. The number of hydrogen-bond donors (Lipinski definition) is 2. The summed E-state index contributed by atoms with van der Waals surface area (Å²) in [6, 6.07) is 2.08. The average molecular weight is 238 g/mol. The maximum absolute atomic E-state index is 11.6. The van der Waals surface area contributed by atoms with Crippen molar-refractivity contribution in [1.29, 1.82) is 0 Å². The van der Waals surface area contributed by atoms with Gasteiger partial charge in [0.25, 0.3) is 0 Å². The number of methoxy groups -OCH3 is 1. The fraction of sp³-hybridized carbons (Fsp3) is 0.545. The predicted molar refractivity (Wildman–Crippen MR) is 65.1 cm³/mol. The van der Waals surface area contributed by atoms with Crippen LogP contribution in [0.15, 0.2) is 6.07 Å². The van der Waals surface area contributed by atoms with Crippen LogP contribution in [0.25, 0.3) is 0 Å². The Balaban J connectivity index is 2.67. The van der Waals surface area contributed by atoms with Gasteiger partial charge in [0, 0.05) is 24.2 Å². The standard InChI is InChI=1S/C11H18N4O2/c1-7(12-3)6-10(16)14-9-5-8(2)13-11(15-9)17-4/h5,7,12H,6H2,1-4H3,(H,13,14,15,16). The van der Waals surface area contributed by atoms with E-state index in [-0.39, 0.29) is 18.0 Å². The lowest BCUT2D eigenvalue weighted by molar-refractivity contribution is -0.116. The molecule has 1 unspecified atom stereocenters. The highest BCUT2D eigenvalue weighted by Crippen LogP contribution is 2.11. The molecule has 1 heterocycles. The van der Waals surface area contributed by atoms with Crippen molar-refractivity contribution in [2.75, 3.05) is 19.5 Å². The lowest BCUT2D eigenvalue weighted by atomic mass is 10.2. The minimum Gasteiger partial charge on any atom is -0.467 e. The lowest BCUT2D eigenvalue weighted by Crippen LogP contribution is -2.27. The van der Waals surface area contributed by atoms with E-state index >= 15 is 0 Å². The van der Waals surface area contributed by atoms with Gasteiger partial charge in [-0.3, -0.25) is 4.79 Å². The first-order valence-electron chi connectivity index (χ1n) is 5.42. The van der Waals surface area contributed by atoms with E-state index in [2.05, 4.69) is 20.6 Å². The number of hydrogen-bond acceptors (Lipinski definition) is 5. The molecule has 0 radical (unpaired) electrons. The Morgan fingerprint density at radius 3 is 2.82 bits per heavy atom. The zero-order valence-corrected chi connectivity index (χ0v) is 10.6. The zero-order valence-electron chi connectivity index (χ0n) is 10.6. The molecule has 94 valence electrons. The summed E-state index contributed by atoms with van der Waals surface area (Å²) in [5.74, 6) is 0.370. The van der Waals surface area contributed by atoms with Crippen LogP contribution < -0.4 is 15.4 Å². The minimum absolute atomic E-state index is 0.0907. The largest absolute Gasteiger partial charge is 0.467 e. The highest BCUT2D eigenvalue weighted by atomic mass is 16.5. The van der Waals surface area contributed by atoms with Crippen LogP contribution in [0.3, 0.4) is 0 Å². The number of ether oxygens (including phenoxy) is 1. The number of anilines is 1. The number of nitrogens with zero attached hydrogens (tertiary/aromatic N) is 2. The summed E-state index contributed by atoms with van der Waals surface area (Å²) in [6.07, 6.45) is 0.391. The molecule has 1 amide bonds. The Bertz CT molecular complexity index is 395. The topological polar surface area (TPSA) is 76.1 Å². The molecule has 6 nitrogen and oxygen atoms in total. The van der Waals surface area contributed by atoms with E-state index in [1.807, 2.05) is 20.9 Å². The molecule has 17 heavy (non-hydrogen) atoms. The van der Waals surface area contributed by atoms with Crippen molar-refractivity contribution in [2.24, 2.45) is 0 Å². The van der Waals surface area contributed by atoms with Gasteiger partial charge in [0.1, 0.15) is 5.82 Å². The molecule has 1 rings (SSSR count). The molecule has 0 aliphatic carbocycles. The normalized spacial score (nSPS) is 12.0. The van der Waals surface area contributed by atoms with Gasteiger partial charge < -0.3 is 15.4 Å². The van der Waals surface area contributed by atoms with Gasteiger partial charge in [0.15, 0.2) is 0 Å². The van der Waals surface area contributed by atoms with Crippen molar-refractivity contribution in [2.45, 2.75) is 26.3 Å². The second-order valence-electron chi connectivity index (χ2n) is 3.82. The molecule has 1 atom stereocenters. The molecule has 6 heteroatoms. The molecule has 0 saturated heterocycles. The summed E-state index contributed by atoms with van der Waals surface area (Å²) in [5.41, 5.74) is 0.744. The van der Waals surface area contributed by atoms with Gasteiger partial charge in [-0.05, 0) is 20.9 Å². The van der Waals surface area contributed by atoms with E-state index in [4.69, 9.17) is 4.74 Å². The van der Waals surface area contributed by atoms with Crippen LogP contribution in [0.2, 0.25) is 0 Å². The second kappa shape index (κ2) is 6.15. The lowest BCUT2D eigenvalue weighted by Gasteiger charge is -2.10. The van der Waals surface area contributed by atoms with Gasteiger partial charge in [-0.1, -0.05) is 0 Å². The first-order valence-corrected chi connectivity index (χ1v) is 5.42. The van der Waals surface area contributed by atoms with E-state index in [0.717, 1.165) is 5.69 Å². The van der Waals surface area contributed by atoms with Crippen LogP contribution >= 0.6 is 0 Å². The van der Waals surface area contributed by atoms with Crippen LogP contribution in [0.1, 0.15) is 19.0 Å². The third-order valence-electron chi connectivity index (χ3n) is 2.27. The summed E-state index contributed by atoms with van der Waals surface area (Å²) < 4.78 is 4.93.